The van der Waals surface area contributed by atoms with Crippen molar-refractivity contribution in [2.75, 3.05) is 0 Å². The van der Waals surface area contributed by atoms with Gasteiger partial charge in [-0.1, -0.05) is 244 Å². The Bertz CT molecular complexity index is 659. The van der Waals surface area contributed by atoms with Crippen molar-refractivity contribution in [2.45, 2.75) is 297 Å². The van der Waals surface area contributed by atoms with Gasteiger partial charge in [0.15, 0.2) is 0 Å². The van der Waals surface area contributed by atoms with E-state index in [1.54, 1.807) is 20.8 Å². The summed E-state index contributed by atoms with van der Waals surface area (Å²) in [5, 5.41) is 0. The van der Waals surface area contributed by atoms with Crippen molar-refractivity contribution < 1.29 is 14.4 Å². The van der Waals surface area contributed by atoms with Crippen molar-refractivity contribution in [2.24, 2.45) is 11.3 Å². The summed E-state index contributed by atoms with van der Waals surface area (Å²) in [7, 11) is 0. The molecule has 1 atom stereocenters. The van der Waals surface area contributed by atoms with Crippen LogP contribution in [-0.2, 0) is 14.4 Å². The third-order valence-corrected chi connectivity index (χ3v) is 13.1. The summed E-state index contributed by atoms with van der Waals surface area (Å²) in [6.07, 6.45) is 59.5. The highest BCUT2D eigenvalue weighted by molar-refractivity contribution is 5.81. The lowest BCUT2D eigenvalue weighted by molar-refractivity contribution is -0.129. The number of carbonyl (C=O) groups excluding carboxylic acids is 3. The summed E-state index contributed by atoms with van der Waals surface area (Å²) in [6, 6.07) is 0. The summed E-state index contributed by atoms with van der Waals surface area (Å²) < 4.78 is 0. The van der Waals surface area contributed by atoms with Crippen molar-refractivity contribution in [1.29, 1.82) is 0 Å². The highest BCUT2D eigenvalue weighted by atomic mass is 16.1. The van der Waals surface area contributed by atoms with Gasteiger partial charge < -0.3 is 14.4 Å². The summed E-state index contributed by atoms with van der Waals surface area (Å²) in [4.78, 5) is 34.5. The van der Waals surface area contributed by atoms with E-state index in [0.29, 0.717) is 19.3 Å². The lowest BCUT2D eigenvalue weighted by Gasteiger charge is -2.43. The minimum atomic E-state index is -0.248. The van der Waals surface area contributed by atoms with Crippen LogP contribution >= 0.6 is 0 Å². The normalized spacial score (nSPS) is 23.5. The van der Waals surface area contributed by atoms with Crippen LogP contribution in [0, 0.1) is 11.3 Å². The van der Waals surface area contributed by atoms with Gasteiger partial charge in [-0.05, 0) is 44.9 Å². The van der Waals surface area contributed by atoms with Gasteiger partial charge >= 0.3 is 0 Å². The molecule has 7 aliphatic rings. The fourth-order valence-electron chi connectivity index (χ4n) is 9.93. The van der Waals surface area contributed by atoms with Gasteiger partial charge in [-0.2, -0.15) is 0 Å². The van der Waals surface area contributed by atoms with Crippen LogP contribution in [0.1, 0.15) is 297 Å². The van der Waals surface area contributed by atoms with Gasteiger partial charge in [0, 0.05) is 19.3 Å². The molecule has 1 unspecified atom stereocenters. The van der Waals surface area contributed by atoms with Gasteiger partial charge in [-0.15, -0.1) is 0 Å². The van der Waals surface area contributed by atoms with Gasteiger partial charge in [-0.3, -0.25) is 0 Å². The Kier molecular flexibility index (Phi) is 35.5. The van der Waals surface area contributed by atoms with E-state index in [2.05, 4.69) is 0 Å². The predicted octanol–water partition coefficient (Wildman–Crippen LogP) is 17.1. The van der Waals surface area contributed by atoms with Crippen LogP contribution in [0.25, 0.3) is 0 Å². The van der Waals surface area contributed by atoms with Gasteiger partial charge in [-0.25, -0.2) is 0 Å². The number of Topliss-reactive ketones (excluding diaryl/α,β-unsaturated/α-hetero) is 3. The van der Waals surface area contributed by atoms with Gasteiger partial charge in [0.2, 0.25) is 0 Å². The van der Waals surface area contributed by atoms with Gasteiger partial charge in [0.25, 0.3) is 0 Å². The SMILES string of the molecule is C1CCCCC1.C1CCCCC1.C1CCCCC1.C1CCCCC1.C1CCCCC1.C1CCCCC1.CC(=O)CC1CCCCC1(CC(C)=O)CC(C)=O. The average molecular weight is 757 g/mol. The monoisotopic (exact) mass is 757 g/mol. The first kappa shape index (κ1) is 51.0. The van der Waals surface area contributed by atoms with E-state index in [1.165, 1.54) is 231 Å². The second-order valence-electron chi connectivity index (χ2n) is 18.7. The molecule has 0 aliphatic heterocycles. The Morgan fingerprint density at radius 3 is 0.685 bits per heavy atom. The second kappa shape index (κ2) is 37.6. The third kappa shape index (κ3) is 32.1. The zero-order valence-corrected chi connectivity index (χ0v) is 37.2. The highest BCUT2D eigenvalue weighted by Crippen LogP contribution is 2.48. The minimum Gasteiger partial charge on any atom is -0.300 e. The molecular weight excluding hydrogens is 661 g/mol. The molecular formula is C51H96O3. The molecule has 0 aromatic rings. The Balaban J connectivity index is 0.000000337. The highest BCUT2D eigenvalue weighted by Gasteiger charge is 2.42. The molecule has 0 spiro atoms. The molecule has 0 heterocycles. The van der Waals surface area contributed by atoms with Crippen molar-refractivity contribution in [3.05, 3.63) is 0 Å². The van der Waals surface area contributed by atoms with Gasteiger partial charge in [0.05, 0.1) is 0 Å². The Labute approximate surface area is 338 Å². The summed E-state index contributed by atoms with van der Waals surface area (Å²) >= 11 is 0. The Morgan fingerprint density at radius 1 is 0.315 bits per heavy atom. The molecule has 0 aromatic carbocycles. The molecule has 0 saturated heterocycles. The van der Waals surface area contributed by atoms with Crippen molar-refractivity contribution in [3.8, 4) is 0 Å². The van der Waals surface area contributed by atoms with Crippen LogP contribution in [0.4, 0.5) is 0 Å². The van der Waals surface area contributed by atoms with E-state index < -0.39 is 0 Å². The van der Waals surface area contributed by atoms with Gasteiger partial charge in [0.1, 0.15) is 17.3 Å². The maximum absolute atomic E-state index is 11.5. The van der Waals surface area contributed by atoms with Crippen molar-refractivity contribution in [1.82, 2.24) is 0 Å². The maximum atomic E-state index is 11.5. The van der Waals surface area contributed by atoms with Crippen LogP contribution in [0.15, 0.2) is 0 Å². The first-order valence-corrected chi connectivity index (χ1v) is 24.8. The van der Waals surface area contributed by atoms with E-state index in [4.69, 9.17) is 0 Å². The first-order chi connectivity index (χ1) is 26.4. The second-order valence-corrected chi connectivity index (χ2v) is 18.7. The number of ketones is 3. The first-order valence-electron chi connectivity index (χ1n) is 24.8. The summed E-state index contributed by atoms with van der Waals surface area (Å²) in [6.45, 7) is 4.77. The zero-order valence-electron chi connectivity index (χ0n) is 37.2. The summed E-state index contributed by atoms with van der Waals surface area (Å²) in [5.74, 6) is 0.633. The quantitative estimate of drug-likeness (QED) is 0.271. The Hall–Kier alpha value is -0.990. The van der Waals surface area contributed by atoms with Crippen molar-refractivity contribution in [3.63, 3.8) is 0 Å². The number of rotatable bonds is 6. The molecule has 54 heavy (non-hydrogen) atoms. The van der Waals surface area contributed by atoms with Crippen LogP contribution < -0.4 is 0 Å². The molecule has 7 rings (SSSR count). The van der Waals surface area contributed by atoms with E-state index in [1.807, 2.05) is 0 Å². The van der Waals surface area contributed by atoms with Crippen LogP contribution in [0.2, 0.25) is 0 Å². The van der Waals surface area contributed by atoms with Crippen molar-refractivity contribution >= 4 is 17.3 Å². The lowest BCUT2D eigenvalue weighted by Crippen LogP contribution is -2.38. The molecule has 0 N–H and O–H groups in total. The van der Waals surface area contributed by atoms with E-state index >= 15 is 0 Å². The molecule has 0 aromatic heterocycles. The molecule has 318 valence electrons. The molecule has 0 bridgehead atoms. The molecule has 3 nitrogen and oxygen atoms in total. The van der Waals surface area contributed by atoms with Crippen LogP contribution in [-0.4, -0.2) is 17.3 Å². The van der Waals surface area contributed by atoms with Crippen LogP contribution in [0.3, 0.4) is 0 Å². The molecule has 7 saturated carbocycles. The fourth-order valence-corrected chi connectivity index (χ4v) is 9.93. The number of hydrogen-bond acceptors (Lipinski definition) is 3. The average Bonchev–Trinajstić information content (AvgIpc) is 3.23. The Morgan fingerprint density at radius 2 is 0.519 bits per heavy atom. The third-order valence-electron chi connectivity index (χ3n) is 13.1. The van der Waals surface area contributed by atoms with E-state index in [9.17, 15) is 14.4 Å². The molecule has 7 aliphatic carbocycles. The van der Waals surface area contributed by atoms with E-state index in [-0.39, 0.29) is 28.7 Å². The maximum Gasteiger partial charge on any atom is 0.130 e. The van der Waals surface area contributed by atoms with E-state index in [0.717, 1.165) is 25.7 Å². The zero-order chi connectivity index (χ0) is 39.2. The summed E-state index contributed by atoms with van der Waals surface area (Å²) in [5.41, 5.74) is -0.248. The smallest absolute Gasteiger partial charge is 0.130 e. The molecule has 0 radical (unpaired) electrons. The van der Waals surface area contributed by atoms with Crippen LogP contribution in [0.5, 0.6) is 0 Å². The standard InChI is InChI=1S/C15H24O3.6C6H12/c1-11(16)8-14-6-4-5-7-15(14,9-12(2)17)10-13(3)18;6*1-2-4-6-5-3-1/h14H,4-10H2,1-3H3;6*1-6H2. The molecule has 7 fully saturated rings. The lowest BCUT2D eigenvalue weighted by atomic mass is 9.60. The molecule has 3 heteroatoms. The number of hydrogen-bond donors (Lipinski definition) is 0. The predicted molar refractivity (Wildman–Crippen MR) is 236 cm³/mol. The largest absolute Gasteiger partial charge is 0.300 e. The number of carbonyl (C=O) groups is 3. The minimum absolute atomic E-state index is 0.131. The molecule has 0 amide bonds. The fraction of sp³-hybridized carbons (Fsp3) is 0.941. The topological polar surface area (TPSA) is 51.2 Å².